The Bertz CT molecular complexity index is 662. The highest BCUT2D eigenvalue weighted by molar-refractivity contribution is 5.77. The average molecular weight is 309 g/mol. The van der Waals surface area contributed by atoms with Crippen LogP contribution in [-0.2, 0) is 11.2 Å². The Kier molecular flexibility index (Phi) is 5.41. The molecule has 0 heterocycles. The molecule has 0 unspecified atom stereocenters. The van der Waals surface area contributed by atoms with Crippen molar-refractivity contribution in [3.63, 3.8) is 0 Å². The van der Waals surface area contributed by atoms with Crippen molar-refractivity contribution in [2.75, 3.05) is 13.2 Å². The van der Waals surface area contributed by atoms with Crippen LogP contribution in [0.5, 0.6) is 5.75 Å². The van der Waals surface area contributed by atoms with E-state index in [0.29, 0.717) is 0 Å². The van der Waals surface area contributed by atoms with Gasteiger partial charge in [-0.2, -0.15) is 0 Å². The molecule has 0 bridgehead atoms. The minimum absolute atomic E-state index is 0.0196. The summed E-state index contributed by atoms with van der Waals surface area (Å²) in [4.78, 5) is 11.5. The van der Waals surface area contributed by atoms with Crippen LogP contribution in [0.4, 0.5) is 13.2 Å². The van der Waals surface area contributed by atoms with Gasteiger partial charge in [-0.3, -0.25) is 4.79 Å². The molecular formula is C16H14F3NO2. The third-order valence-electron chi connectivity index (χ3n) is 2.92. The van der Waals surface area contributed by atoms with Crippen molar-refractivity contribution in [1.29, 1.82) is 0 Å². The monoisotopic (exact) mass is 309 g/mol. The Balaban J connectivity index is 1.76. The fourth-order valence-electron chi connectivity index (χ4n) is 1.83. The smallest absolute Gasteiger partial charge is 0.257 e. The molecule has 0 saturated carbocycles. The SMILES string of the molecule is O=C(COc1ccccc1F)NCCc1cc(F)ccc1F. The molecular weight excluding hydrogens is 295 g/mol. The molecule has 6 heteroatoms. The van der Waals surface area contributed by atoms with Crippen molar-refractivity contribution in [3.8, 4) is 5.75 Å². The van der Waals surface area contributed by atoms with Crippen molar-refractivity contribution in [2.24, 2.45) is 0 Å². The molecule has 0 saturated heterocycles. The van der Waals surface area contributed by atoms with E-state index in [-0.39, 0.29) is 30.9 Å². The quantitative estimate of drug-likeness (QED) is 0.891. The summed E-state index contributed by atoms with van der Waals surface area (Å²) in [6.07, 6.45) is 0.148. The third-order valence-corrected chi connectivity index (χ3v) is 2.92. The highest BCUT2D eigenvalue weighted by Crippen LogP contribution is 2.15. The molecule has 3 nitrogen and oxygen atoms in total. The molecule has 2 aromatic carbocycles. The summed E-state index contributed by atoms with van der Waals surface area (Å²) >= 11 is 0. The van der Waals surface area contributed by atoms with E-state index in [9.17, 15) is 18.0 Å². The van der Waals surface area contributed by atoms with E-state index in [1.807, 2.05) is 0 Å². The van der Waals surface area contributed by atoms with Gasteiger partial charge < -0.3 is 10.1 Å². The number of hydrogen-bond acceptors (Lipinski definition) is 2. The van der Waals surface area contributed by atoms with Gasteiger partial charge in [0.1, 0.15) is 11.6 Å². The number of ether oxygens (including phenoxy) is 1. The first-order valence-corrected chi connectivity index (χ1v) is 6.64. The maximum absolute atomic E-state index is 13.4. The van der Waals surface area contributed by atoms with Crippen LogP contribution < -0.4 is 10.1 Å². The first-order valence-electron chi connectivity index (χ1n) is 6.64. The van der Waals surface area contributed by atoms with E-state index in [4.69, 9.17) is 4.74 Å². The highest BCUT2D eigenvalue weighted by atomic mass is 19.1. The van der Waals surface area contributed by atoms with Crippen molar-refractivity contribution in [1.82, 2.24) is 5.32 Å². The zero-order chi connectivity index (χ0) is 15.9. The van der Waals surface area contributed by atoms with Gasteiger partial charge in [-0.25, -0.2) is 13.2 Å². The average Bonchev–Trinajstić information content (AvgIpc) is 2.50. The second kappa shape index (κ2) is 7.49. The fraction of sp³-hybridized carbons (Fsp3) is 0.188. The lowest BCUT2D eigenvalue weighted by Gasteiger charge is -2.08. The molecule has 0 aliphatic rings. The molecule has 0 spiro atoms. The highest BCUT2D eigenvalue weighted by Gasteiger charge is 2.07. The van der Waals surface area contributed by atoms with E-state index in [1.165, 1.54) is 18.2 Å². The Morgan fingerprint density at radius 2 is 1.82 bits per heavy atom. The normalized spacial score (nSPS) is 10.3. The van der Waals surface area contributed by atoms with Crippen LogP contribution in [0.1, 0.15) is 5.56 Å². The van der Waals surface area contributed by atoms with Gasteiger partial charge in [0, 0.05) is 6.54 Å². The number of carbonyl (C=O) groups excluding carboxylic acids is 1. The maximum Gasteiger partial charge on any atom is 0.257 e. The molecule has 1 N–H and O–H groups in total. The number of para-hydroxylation sites is 1. The topological polar surface area (TPSA) is 38.3 Å². The number of amides is 1. The van der Waals surface area contributed by atoms with Gasteiger partial charge in [0.05, 0.1) is 0 Å². The van der Waals surface area contributed by atoms with Crippen LogP contribution in [0, 0.1) is 17.5 Å². The summed E-state index contributed by atoms with van der Waals surface area (Å²) in [6, 6.07) is 8.87. The first kappa shape index (κ1) is 15.9. The zero-order valence-electron chi connectivity index (χ0n) is 11.6. The fourth-order valence-corrected chi connectivity index (χ4v) is 1.83. The van der Waals surface area contributed by atoms with Crippen molar-refractivity contribution < 1.29 is 22.7 Å². The predicted molar refractivity (Wildman–Crippen MR) is 75.0 cm³/mol. The van der Waals surface area contributed by atoms with E-state index in [1.54, 1.807) is 6.07 Å². The molecule has 2 rings (SSSR count). The van der Waals surface area contributed by atoms with Crippen molar-refractivity contribution in [2.45, 2.75) is 6.42 Å². The van der Waals surface area contributed by atoms with Crippen LogP contribution in [0.3, 0.4) is 0 Å². The lowest BCUT2D eigenvalue weighted by atomic mass is 10.1. The second-order valence-corrected chi connectivity index (χ2v) is 4.55. The largest absolute Gasteiger partial charge is 0.481 e. The summed E-state index contributed by atoms with van der Waals surface area (Å²) in [5.74, 6) is -2.12. The summed E-state index contributed by atoms with van der Waals surface area (Å²) in [5, 5.41) is 2.49. The standard InChI is InChI=1S/C16H14F3NO2/c17-12-5-6-13(18)11(9-12)7-8-20-16(21)10-22-15-4-2-1-3-14(15)19/h1-6,9H,7-8,10H2,(H,20,21). The molecule has 1 amide bonds. The van der Waals surface area contributed by atoms with E-state index < -0.39 is 23.4 Å². The molecule has 22 heavy (non-hydrogen) atoms. The van der Waals surface area contributed by atoms with Gasteiger partial charge in [0.2, 0.25) is 0 Å². The Labute approximate surface area is 125 Å². The second-order valence-electron chi connectivity index (χ2n) is 4.55. The molecule has 0 radical (unpaired) electrons. The number of rotatable bonds is 6. The van der Waals surface area contributed by atoms with Crippen LogP contribution in [0.25, 0.3) is 0 Å². The molecule has 0 aromatic heterocycles. The lowest BCUT2D eigenvalue weighted by molar-refractivity contribution is -0.123. The molecule has 116 valence electrons. The lowest BCUT2D eigenvalue weighted by Crippen LogP contribution is -2.30. The molecule has 0 aliphatic heterocycles. The number of benzene rings is 2. The van der Waals surface area contributed by atoms with E-state index >= 15 is 0 Å². The number of carbonyl (C=O) groups is 1. The first-order chi connectivity index (χ1) is 10.6. The van der Waals surface area contributed by atoms with Crippen LogP contribution in [0.15, 0.2) is 42.5 Å². The van der Waals surface area contributed by atoms with Crippen LogP contribution in [-0.4, -0.2) is 19.1 Å². The number of halogens is 3. The van der Waals surface area contributed by atoms with Crippen LogP contribution >= 0.6 is 0 Å². The Morgan fingerprint density at radius 1 is 1.05 bits per heavy atom. The van der Waals surface area contributed by atoms with Gasteiger partial charge in [-0.15, -0.1) is 0 Å². The summed E-state index contributed by atoms with van der Waals surface area (Å²) in [7, 11) is 0. The van der Waals surface area contributed by atoms with Crippen molar-refractivity contribution in [3.05, 3.63) is 65.5 Å². The minimum Gasteiger partial charge on any atom is -0.481 e. The van der Waals surface area contributed by atoms with Crippen LogP contribution in [0.2, 0.25) is 0 Å². The van der Waals surface area contributed by atoms with Gasteiger partial charge in [0.25, 0.3) is 5.91 Å². The molecule has 0 fully saturated rings. The molecule has 2 aromatic rings. The van der Waals surface area contributed by atoms with Gasteiger partial charge in [0.15, 0.2) is 18.2 Å². The zero-order valence-corrected chi connectivity index (χ0v) is 11.6. The number of nitrogens with one attached hydrogen (secondary N) is 1. The van der Waals surface area contributed by atoms with Gasteiger partial charge in [-0.05, 0) is 42.3 Å². The Morgan fingerprint density at radius 3 is 2.59 bits per heavy atom. The summed E-state index contributed by atoms with van der Waals surface area (Å²) in [6.45, 7) is -0.230. The predicted octanol–water partition coefficient (Wildman–Crippen LogP) is 2.84. The van der Waals surface area contributed by atoms with Crippen molar-refractivity contribution >= 4 is 5.91 Å². The van der Waals surface area contributed by atoms with Gasteiger partial charge in [-0.1, -0.05) is 12.1 Å². The van der Waals surface area contributed by atoms with E-state index in [2.05, 4.69) is 5.32 Å². The maximum atomic E-state index is 13.4. The van der Waals surface area contributed by atoms with E-state index in [0.717, 1.165) is 18.2 Å². The Hall–Kier alpha value is -2.50. The summed E-state index contributed by atoms with van der Waals surface area (Å²) < 4.78 is 44.6. The summed E-state index contributed by atoms with van der Waals surface area (Å²) in [5.41, 5.74) is 0.176. The third kappa shape index (κ3) is 4.51. The molecule has 0 aliphatic carbocycles. The number of hydrogen-bond donors (Lipinski definition) is 1. The molecule has 0 atom stereocenters. The van der Waals surface area contributed by atoms with Gasteiger partial charge >= 0.3 is 0 Å². The minimum atomic E-state index is -0.558.